The minimum atomic E-state index is 0.620. The summed E-state index contributed by atoms with van der Waals surface area (Å²) in [7, 11) is 0. The molecule has 5 heteroatoms. The highest BCUT2D eigenvalue weighted by Crippen LogP contribution is 2.26. The Morgan fingerprint density at radius 3 is 2.83 bits per heavy atom. The Balaban J connectivity index is 1.72. The molecule has 23 heavy (non-hydrogen) atoms. The Labute approximate surface area is 142 Å². The summed E-state index contributed by atoms with van der Waals surface area (Å²) < 4.78 is 5.90. The molecule has 1 aliphatic heterocycles. The first-order valence-electron chi connectivity index (χ1n) is 8.22. The van der Waals surface area contributed by atoms with Crippen molar-refractivity contribution < 1.29 is 4.42 Å². The van der Waals surface area contributed by atoms with Crippen LogP contribution in [0, 0.1) is 12.8 Å². The van der Waals surface area contributed by atoms with Crippen LogP contribution in [-0.4, -0.2) is 35.8 Å². The second kappa shape index (κ2) is 7.51. The lowest BCUT2D eigenvalue weighted by molar-refractivity contribution is 0.169. The van der Waals surface area contributed by atoms with Crippen molar-refractivity contribution in [2.24, 2.45) is 11.7 Å². The van der Waals surface area contributed by atoms with Crippen molar-refractivity contribution in [1.29, 1.82) is 0 Å². The second-order valence-corrected chi connectivity index (χ2v) is 7.11. The zero-order chi connectivity index (χ0) is 16.2. The number of rotatable bonds is 5. The molecule has 2 N–H and O–H groups in total. The van der Waals surface area contributed by atoms with Crippen LogP contribution in [0.3, 0.4) is 0 Å². The van der Waals surface area contributed by atoms with E-state index in [9.17, 15) is 0 Å². The number of aryl methyl sites for hydroxylation is 1. The molecule has 1 saturated heterocycles. The first-order chi connectivity index (χ1) is 11.2. The van der Waals surface area contributed by atoms with E-state index in [2.05, 4.69) is 35.4 Å². The van der Waals surface area contributed by atoms with Gasteiger partial charge in [0, 0.05) is 23.5 Å². The summed E-state index contributed by atoms with van der Waals surface area (Å²) >= 11 is 1.74. The van der Waals surface area contributed by atoms with Crippen LogP contribution in [0.25, 0.3) is 11.5 Å². The second-order valence-electron chi connectivity index (χ2n) is 6.23. The number of oxazole rings is 1. The van der Waals surface area contributed by atoms with Crippen molar-refractivity contribution in [3.63, 3.8) is 0 Å². The number of thioether (sulfide) groups is 1. The fraction of sp³-hybridized carbons (Fsp3) is 0.500. The van der Waals surface area contributed by atoms with Gasteiger partial charge < -0.3 is 10.2 Å². The van der Waals surface area contributed by atoms with E-state index in [0.717, 1.165) is 49.1 Å². The molecular weight excluding hydrogens is 306 g/mol. The van der Waals surface area contributed by atoms with Crippen LogP contribution in [-0.2, 0) is 6.54 Å². The summed E-state index contributed by atoms with van der Waals surface area (Å²) in [4.78, 5) is 8.43. The summed E-state index contributed by atoms with van der Waals surface area (Å²) in [6.07, 6.45) is 4.55. The van der Waals surface area contributed by atoms with Gasteiger partial charge in [-0.1, -0.05) is 0 Å². The van der Waals surface area contributed by atoms with E-state index >= 15 is 0 Å². The Morgan fingerprint density at radius 2 is 2.13 bits per heavy atom. The molecule has 0 spiro atoms. The number of benzene rings is 1. The number of nitrogens with two attached hydrogens (primary N) is 1. The van der Waals surface area contributed by atoms with Gasteiger partial charge in [-0.3, -0.25) is 4.90 Å². The quantitative estimate of drug-likeness (QED) is 0.849. The fourth-order valence-corrected chi connectivity index (χ4v) is 3.54. The van der Waals surface area contributed by atoms with Gasteiger partial charge in [0.25, 0.3) is 0 Å². The third-order valence-electron chi connectivity index (χ3n) is 4.54. The van der Waals surface area contributed by atoms with Gasteiger partial charge in [0.1, 0.15) is 5.76 Å². The number of piperidine rings is 1. The zero-order valence-corrected chi connectivity index (χ0v) is 14.7. The van der Waals surface area contributed by atoms with Gasteiger partial charge in [0.15, 0.2) is 0 Å². The third kappa shape index (κ3) is 3.97. The van der Waals surface area contributed by atoms with Crippen molar-refractivity contribution in [3.8, 4) is 11.5 Å². The lowest BCUT2D eigenvalue weighted by Gasteiger charge is -2.31. The molecule has 3 rings (SSSR count). The minimum Gasteiger partial charge on any atom is -0.441 e. The van der Waals surface area contributed by atoms with Crippen LogP contribution in [0.5, 0.6) is 0 Å². The van der Waals surface area contributed by atoms with Crippen molar-refractivity contribution in [1.82, 2.24) is 9.88 Å². The van der Waals surface area contributed by atoms with Crippen molar-refractivity contribution in [2.45, 2.75) is 31.2 Å². The van der Waals surface area contributed by atoms with Crippen LogP contribution in [0.15, 0.2) is 33.6 Å². The summed E-state index contributed by atoms with van der Waals surface area (Å²) in [5.74, 6) is 2.26. The summed E-state index contributed by atoms with van der Waals surface area (Å²) in [6.45, 7) is 5.84. The lowest BCUT2D eigenvalue weighted by Crippen LogP contribution is -2.38. The van der Waals surface area contributed by atoms with Crippen molar-refractivity contribution in [2.75, 3.05) is 25.9 Å². The minimum absolute atomic E-state index is 0.620. The van der Waals surface area contributed by atoms with Crippen LogP contribution >= 0.6 is 11.8 Å². The van der Waals surface area contributed by atoms with Crippen LogP contribution in [0.2, 0.25) is 0 Å². The maximum absolute atomic E-state index is 5.90. The highest BCUT2D eigenvalue weighted by atomic mass is 32.2. The first-order valence-corrected chi connectivity index (χ1v) is 9.45. The normalized spacial score (nSPS) is 19.2. The van der Waals surface area contributed by atoms with E-state index in [0.29, 0.717) is 5.92 Å². The molecule has 2 aromatic rings. The topological polar surface area (TPSA) is 55.3 Å². The number of likely N-dealkylation sites (tertiary alicyclic amines) is 1. The molecule has 2 heterocycles. The van der Waals surface area contributed by atoms with Crippen LogP contribution < -0.4 is 5.73 Å². The number of nitrogens with zero attached hydrogens (tertiary/aromatic N) is 2. The molecular formula is C18H25N3OS. The van der Waals surface area contributed by atoms with E-state index in [4.69, 9.17) is 15.1 Å². The first kappa shape index (κ1) is 16.6. The average molecular weight is 331 g/mol. The maximum Gasteiger partial charge on any atom is 0.226 e. The molecule has 0 aliphatic carbocycles. The molecule has 1 atom stereocenters. The Morgan fingerprint density at radius 1 is 1.35 bits per heavy atom. The molecule has 124 valence electrons. The number of aromatic nitrogens is 1. The molecule has 0 unspecified atom stereocenters. The van der Waals surface area contributed by atoms with Gasteiger partial charge in [-0.05, 0) is 69.3 Å². The van der Waals surface area contributed by atoms with Crippen molar-refractivity contribution in [3.05, 3.63) is 35.7 Å². The van der Waals surface area contributed by atoms with Gasteiger partial charge in [-0.15, -0.1) is 11.8 Å². The average Bonchev–Trinajstić information content (AvgIpc) is 2.96. The van der Waals surface area contributed by atoms with Gasteiger partial charge in [0.05, 0.1) is 5.69 Å². The third-order valence-corrected chi connectivity index (χ3v) is 5.28. The molecule has 1 aromatic heterocycles. The number of hydrogen-bond acceptors (Lipinski definition) is 5. The predicted molar refractivity (Wildman–Crippen MR) is 95.5 cm³/mol. The maximum atomic E-state index is 5.90. The summed E-state index contributed by atoms with van der Waals surface area (Å²) in [5, 5.41) is 0. The fourth-order valence-electron chi connectivity index (χ4n) is 3.13. The van der Waals surface area contributed by atoms with Crippen molar-refractivity contribution >= 4 is 11.8 Å². The van der Waals surface area contributed by atoms with E-state index in [1.807, 2.05) is 6.92 Å². The number of hydrogen-bond donors (Lipinski definition) is 1. The van der Waals surface area contributed by atoms with E-state index in [1.54, 1.807) is 11.8 Å². The zero-order valence-electron chi connectivity index (χ0n) is 13.9. The Hall–Kier alpha value is -1.30. The standard InChI is InChI=1S/C18H25N3OS/c1-13-17(12-21-9-3-4-14(10-19)11-21)20-18(22-13)15-5-7-16(23-2)8-6-15/h5-8,14H,3-4,9-12,19H2,1-2H3/t14-/m0/s1. The molecule has 0 radical (unpaired) electrons. The largest absolute Gasteiger partial charge is 0.441 e. The molecule has 0 bridgehead atoms. The summed E-state index contributed by atoms with van der Waals surface area (Å²) in [6, 6.07) is 8.36. The monoisotopic (exact) mass is 331 g/mol. The van der Waals surface area contributed by atoms with Gasteiger partial charge >= 0.3 is 0 Å². The van der Waals surface area contributed by atoms with E-state index in [1.165, 1.54) is 17.7 Å². The lowest BCUT2D eigenvalue weighted by atomic mass is 9.98. The predicted octanol–water partition coefficient (Wildman–Crippen LogP) is 3.54. The highest BCUT2D eigenvalue weighted by molar-refractivity contribution is 7.98. The Bertz CT molecular complexity index is 638. The SMILES string of the molecule is CSc1ccc(-c2nc(CN3CCC[C@@H](CN)C3)c(C)o2)cc1. The van der Waals surface area contributed by atoms with Gasteiger partial charge in [0.2, 0.25) is 5.89 Å². The Kier molecular flexibility index (Phi) is 5.41. The highest BCUT2D eigenvalue weighted by Gasteiger charge is 2.21. The molecule has 1 aliphatic rings. The smallest absolute Gasteiger partial charge is 0.226 e. The van der Waals surface area contributed by atoms with Gasteiger partial charge in [-0.25, -0.2) is 4.98 Å². The molecule has 1 fully saturated rings. The molecule has 1 aromatic carbocycles. The summed E-state index contributed by atoms with van der Waals surface area (Å²) in [5.41, 5.74) is 7.92. The molecule has 4 nitrogen and oxygen atoms in total. The van der Waals surface area contributed by atoms with Gasteiger partial charge in [-0.2, -0.15) is 0 Å². The van der Waals surface area contributed by atoms with E-state index in [-0.39, 0.29) is 0 Å². The molecule has 0 saturated carbocycles. The van der Waals surface area contributed by atoms with E-state index < -0.39 is 0 Å². The van der Waals surface area contributed by atoms with Crippen LogP contribution in [0.4, 0.5) is 0 Å². The van der Waals surface area contributed by atoms with Crippen LogP contribution in [0.1, 0.15) is 24.3 Å². The molecule has 0 amide bonds.